The molecular weight excluding hydrogens is 709 g/mol. The van der Waals surface area contributed by atoms with Crippen molar-refractivity contribution in [1.82, 2.24) is 9.80 Å². The van der Waals surface area contributed by atoms with Crippen LogP contribution in [0.4, 0.5) is 9.18 Å². The Bertz CT molecular complexity index is 1440. The van der Waals surface area contributed by atoms with Crippen molar-refractivity contribution < 1.29 is 56.8 Å². The number of Topliss-reactive ketones (excluding diaryl/α,β-unsaturated/α-hetero) is 2. The topological polar surface area (TPSA) is 196 Å². The minimum atomic E-state index is -3.21. The summed E-state index contributed by atoms with van der Waals surface area (Å²) in [4.78, 5) is 74.5. The molecule has 0 aromatic rings. The van der Waals surface area contributed by atoms with Gasteiger partial charge >= 0.3 is 18.0 Å². The van der Waals surface area contributed by atoms with Crippen molar-refractivity contribution in [3.8, 4) is 0 Å². The molecule has 0 aliphatic carbocycles. The van der Waals surface area contributed by atoms with Gasteiger partial charge in [-0.3, -0.25) is 14.4 Å². The van der Waals surface area contributed by atoms with Crippen molar-refractivity contribution in [2.45, 2.75) is 154 Å². The van der Waals surface area contributed by atoms with Gasteiger partial charge in [-0.25, -0.2) is 14.0 Å². The smallest absolute Gasteiger partial charge is 0.410 e. The molecule has 13 atom stereocenters. The molecule has 0 N–H and O–H groups in total. The number of ether oxygens (including phenoxy) is 6. The quantitative estimate of drug-likeness (QED) is 0.0523. The minimum absolute atomic E-state index is 0.0401. The summed E-state index contributed by atoms with van der Waals surface area (Å²) in [6.45, 7) is 13.8. The van der Waals surface area contributed by atoms with E-state index in [2.05, 4.69) is 10.0 Å². The molecule has 1 amide bonds. The monoisotopic (exact) mass is 769 g/mol. The molecule has 3 fully saturated rings. The third-order valence-corrected chi connectivity index (χ3v) is 11.4. The Morgan fingerprint density at radius 3 is 2.30 bits per heavy atom. The summed E-state index contributed by atoms with van der Waals surface area (Å²) in [5.74, 6) is -6.60. The highest BCUT2D eigenvalue weighted by molar-refractivity contribution is 6.08. The zero-order valence-corrected chi connectivity index (χ0v) is 33.8. The van der Waals surface area contributed by atoms with Crippen molar-refractivity contribution in [1.29, 1.82) is 0 Å². The van der Waals surface area contributed by atoms with Crippen LogP contribution < -0.4 is 0 Å². The summed E-state index contributed by atoms with van der Waals surface area (Å²) in [5, 5.41) is 3.55. The lowest BCUT2D eigenvalue weighted by atomic mass is 9.73. The number of halogens is 1. The fraction of sp³-hybridized carbons (Fsp3) is 0.865. The lowest BCUT2D eigenvalue weighted by Crippen LogP contribution is -2.62. The first-order chi connectivity index (χ1) is 25.1. The molecule has 0 saturated carbocycles. The second-order valence-electron chi connectivity index (χ2n) is 15.8. The largest absolute Gasteiger partial charge is 0.455 e. The number of cyclic esters (lactones) is 1. The van der Waals surface area contributed by atoms with E-state index in [1.807, 2.05) is 25.9 Å². The van der Waals surface area contributed by atoms with E-state index in [1.165, 1.54) is 25.9 Å². The first kappa shape index (κ1) is 45.0. The second-order valence-corrected chi connectivity index (χ2v) is 15.8. The van der Waals surface area contributed by atoms with E-state index >= 15 is 4.39 Å². The van der Waals surface area contributed by atoms with Crippen LogP contribution in [0, 0.1) is 17.8 Å². The molecular formula is C37H60FN5O11. The van der Waals surface area contributed by atoms with Crippen molar-refractivity contribution in [3.05, 3.63) is 10.4 Å². The van der Waals surface area contributed by atoms with E-state index in [0.29, 0.717) is 19.3 Å². The summed E-state index contributed by atoms with van der Waals surface area (Å²) in [7, 11) is 5.01. The number of hydrogen-bond acceptors (Lipinski definition) is 13. The molecule has 0 radical (unpaired) electrons. The highest BCUT2D eigenvalue weighted by atomic mass is 19.1. The molecule has 0 aromatic carbocycles. The van der Waals surface area contributed by atoms with Gasteiger partial charge in [0.1, 0.15) is 11.9 Å². The Hall–Kier alpha value is -3.37. The van der Waals surface area contributed by atoms with Crippen LogP contribution in [-0.2, 0) is 47.6 Å². The van der Waals surface area contributed by atoms with Gasteiger partial charge in [0.25, 0.3) is 5.67 Å². The number of fused-ring (bicyclic) bond motifs is 1. The van der Waals surface area contributed by atoms with Gasteiger partial charge in [-0.05, 0) is 79.4 Å². The fourth-order valence-corrected chi connectivity index (χ4v) is 8.52. The molecule has 3 aliphatic rings. The third kappa shape index (κ3) is 9.35. The van der Waals surface area contributed by atoms with E-state index in [-0.39, 0.29) is 43.9 Å². The molecule has 306 valence electrons. The second kappa shape index (κ2) is 18.1. The number of likely N-dealkylation sites (N-methyl/N-ethyl adjacent to an activating group) is 1. The Labute approximate surface area is 317 Å². The first-order valence-electron chi connectivity index (χ1n) is 18.8. The predicted octanol–water partition coefficient (Wildman–Crippen LogP) is 4.94. The summed E-state index contributed by atoms with van der Waals surface area (Å²) in [6.07, 6.45) is -4.58. The maximum atomic E-state index is 16.8. The molecule has 3 rings (SSSR count). The van der Waals surface area contributed by atoms with Crippen LogP contribution in [0.1, 0.15) is 94.4 Å². The zero-order chi connectivity index (χ0) is 40.9. The number of carbonyl (C=O) groups is 5. The zero-order valence-electron chi connectivity index (χ0n) is 33.8. The van der Waals surface area contributed by atoms with E-state index < -0.39 is 89.1 Å². The maximum absolute atomic E-state index is 16.8. The van der Waals surface area contributed by atoms with Gasteiger partial charge in [-0.1, -0.05) is 32.8 Å². The van der Waals surface area contributed by atoms with Crippen LogP contribution in [0.15, 0.2) is 5.11 Å². The molecule has 0 aromatic heterocycles. The standard InChI is InChI=1S/C37H60FN5O11/c1-13-26-37(9)29(43(34(48)54-37)17-15-14-16-40-41-39)22(4)27(45)20(2)19-35(7,49-12)31(23(5)30(46)36(8,38)33(47)52-26)53-32-28(51-24(6)44)25(42(10)11)18-21(3)50-32/h20-23,25-26,28-29,31-32H,13-19H2,1-12H3/t20-,21?,22+,23?,25?,26?,28?,29-,31-,32?,35+,36+,37-/m1/s1. The summed E-state index contributed by atoms with van der Waals surface area (Å²) < 4.78 is 53.2. The number of nitrogens with zero attached hydrogens (tertiary/aromatic N) is 5. The normalized spacial score (nSPS) is 39.6. The summed E-state index contributed by atoms with van der Waals surface area (Å²) >= 11 is 0. The van der Waals surface area contributed by atoms with Crippen molar-refractivity contribution in [3.63, 3.8) is 0 Å². The molecule has 3 saturated heterocycles. The van der Waals surface area contributed by atoms with Crippen LogP contribution in [0.3, 0.4) is 0 Å². The Morgan fingerprint density at radius 2 is 1.74 bits per heavy atom. The Balaban J connectivity index is 2.18. The van der Waals surface area contributed by atoms with E-state index in [0.717, 1.165) is 6.92 Å². The summed E-state index contributed by atoms with van der Waals surface area (Å²) in [5.41, 5.74) is 2.35. The molecule has 54 heavy (non-hydrogen) atoms. The van der Waals surface area contributed by atoms with Crippen molar-refractivity contribution in [2.24, 2.45) is 22.9 Å². The average molecular weight is 770 g/mol. The highest BCUT2D eigenvalue weighted by Crippen LogP contribution is 2.44. The third-order valence-electron chi connectivity index (χ3n) is 11.4. The maximum Gasteiger partial charge on any atom is 0.410 e. The minimum Gasteiger partial charge on any atom is -0.455 e. The Kier molecular flexibility index (Phi) is 15.1. The number of methoxy groups -OCH3 is 1. The number of hydrogen-bond donors (Lipinski definition) is 0. The number of azide groups is 1. The van der Waals surface area contributed by atoms with Gasteiger partial charge in [0, 0.05) is 49.8 Å². The van der Waals surface area contributed by atoms with Gasteiger partial charge in [0.15, 0.2) is 23.8 Å². The Morgan fingerprint density at radius 1 is 1.09 bits per heavy atom. The van der Waals surface area contributed by atoms with Crippen molar-refractivity contribution >= 4 is 29.6 Å². The lowest BCUT2D eigenvalue weighted by Gasteiger charge is -2.48. The summed E-state index contributed by atoms with van der Waals surface area (Å²) in [6, 6.07) is -1.33. The van der Waals surface area contributed by atoms with Gasteiger partial charge in [0.2, 0.25) is 0 Å². The van der Waals surface area contributed by atoms with Crippen LogP contribution in [0.5, 0.6) is 0 Å². The van der Waals surface area contributed by atoms with Gasteiger partial charge in [0.05, 0.1) is 29.9 Å². The predicted molar refractivity (Wildman–Crippen MR) is 193 cm³/mol. The number of esters is 2. The van der Waals surface area contributed by atoms with E-state index in [9.17, 15) is 24.0 Å². The number of carbonyl (C=O) groups excluding carboxylic acids is 5. The number of ketones is 2. The molecule has 6 unspecified atom stereocenters. The highest BCUT2D eigenvalue weighted by Gasteiger charge is 2.61. The molecule has 3 heterocycles. The average Bonchev–Trinajstić information content (AvgIpc) is 3.36. The number of amides is 1. The van der Waals surface area contributed by atoms with E-state index in [1.54, 1.807) is 34.6 Å². The lowest BCUT2D eigenvalue weighted by molar-refractivity contribution is -0.298. The number of alkyl halides is 1. The van der Waals surface area contributed by atoms with Crippen LogP contribution in [0.25, 0.3) is 10.4 Å². The number of rotatable bonds is 11. The van der Waals surface area contributed by atoms with E-state index in [4.69, 9.17) is 34.0 Å². The fourth-order valence-electron chi connectivity index (χ4n) is 8.52. The first-order valence-corrected chi connectivity index (χ1v) is 18.8. The van der Waals surface area contributed by atoms with Gasteiger partial charge in [-0.2, -0.15) is 0 Å². The molecule has 3 aliphatic heterocycles. The van der Waals surface area contributed by atoms with Crippen LogP contribution in [-0.4, -0.2) is 133 Å². The SMILES string of the molecule is CCC1OC(=O)[C@@](C)(F)C(=O)C(C)[C@@H](OC2OC(C)CC(N(C)C)C2OC(C)=O)[C@@](C)(OC)C[C@@H](C)C(=O)[C@H](C)[C@H]2N(CCCCN=[N+]=[N-])C(=O)O[C@]12C. The van der Waals surface area contributed by atoms with Crippen LogP contribution in [0.2, 0.25) is 0 Å². The van der Waals surface area contributed by atoms with Crippen LogP contribution >= 0.6 is 0 Å². The number of unbranched alkanes of at least 4 members (excludes halogenated alkanes) is 1. The molecule has 0 bridgehead atoms. The molecule has 0 spiro atoms. The molecule has 17 heteroatoms. The van der Waals surface area contributed by atoms with Crippen molar-refractivity contribution in [2.75, 3.05) is 34.3 Å². The van der Waals surface area contributed by atoms with Gasteiger partial charge in [-0.15, -0.1) is 0 Å². The molecule has 16 nitrogen and oxygen atoms in total. The van der Waals surface area contributed by atoms with Gasteiger partial charge < -0.3 is 38.2 Å².